The van der Waals surface area contributed by atoms with Crippen molar-refractivity contribution >= 4 is 11.6 Å². The van der Waals surface area contributed by atoms with E-state index >= 15 is 0 Å². The summed E-state index contributed by atoms with van der Waals surface area (Å²) in [5, 5.41) is 18.7. The lowest BCUT2D eigenvalue weighted by Gasteiger charge is -2.39. The van der Waals surface area contributed by atoms with E-state index in [-0.39, 0.29) is 18.6 Å². The average Bonchev–Trinajstić information content (AvgIpc) is 3.01. The quantitative estimate of drug-likeness (QED) is 0.595. The molecular formula is C18H27ClN4O2. The van der Waals surface area contributed by atoms with E-state index in [9.17, 15) is 5.11 Å². The van der Waals surface area contributed by atoms with Crippen LogP contribution in [0.25, 0.3) is 0 Å². The van der Waals surface area contributed by atoms with Crippen LogP contribution in [0.5, 0.6) is 5.75 Å². The number of halogens is 1. The van der Waals surface area contributed by atoms with Crippen molar-refractivity contribution in [1.29, 1.82) is 0 Å². The van der Waals surface area contributed by atoms with Crippen molar-refractivity contribution in [3.63, 3.8) is 0 Å². The van der Waals surface area contributed by atoms with Crippen LogP contribution in [-0.4, -0.2) is 38.7 Å². The number of nitrogens with zero attached hydrogens (tertiary/aromatic N) is 2. The minimum absolute atomic E-state index is 0.152. The van der Waals surface area contributed by atoms with E-state index < -0.39 is 12.0 Å². The standard InChI is InChI=1S/C18H27ClN4O2/c1-13(2)21-17(22-14(3)4)18(24,11-23-10-9-20-12-23)25-16-7-5-15(19)6-8-16/h5-10,12-14,17,21-22,24H,11H2,1-4H3. The maximum Gasteiger partial charge on any atom is 0.254 e. The van der Waals surface area contributed by atoms with Crippen LogP contribution in [0.1, 0.15) is 27.7 Å². The third kappa shape index (κ3) is 6.01. The highest BCUT2D eigenvalue weighted by molar-refractivity contribution is 6.30. The van der Waals surface area contributed by atoms with Crippen LogP contribution >= 0.6 is 11.6 Å². The van der Waals surface area contributed by atoms with Gasteiger partial charge in [-0.05, 0) is 52.0 Å². The number of hydrogen-bond donors (Lipinski definition) is 3. The Balaban J connectivity index is 2.32. The van der Waals surface area contributed by atoms with Crippen molar-refractivity contribution < 1.29 is 9.84 Å². The normalized spacial score (nSPS) is 14.3. The predicted octanol–water partition coefficient (Wildman–Crippen LogP) is 2.63. The molecule has 7 heteroatoms. The molecule has 0 saturated carbocycles. The first kappa shape index (κ1) is 19.7. The van der Waals surface area contributed by atoms with E-state index in [4.69, 9.17) is 16.3 Å². The Kier molecular flexibility index (Phi) is 6.84. The summed E-state index contributed by atoms with van der Waals surface area (Å²) < 4.78 is 7.80. The Morgan fingerprint density at radius 2 is 1.76 bits per heavy atom. The second-order valence-electron chi connectivity index (χ2n) is 6.71. The summed E-state index contributed by atoms with van der Waals surface area (Å²) in [5.41, 5.74) is 0. The molecule has 0 aliphatic heterocycles. The van der Waals surface area contributed by atoms with Gasteiger partial charge in [0.15, 0.2) is 0 Å². The van der Waals surface area contributed by atoms with Crippen LogP contribution in [0.2, 0.25) is 5.02 Å². The molecule has 138 valence electrons. The molecule has 0 radical (unpaired) electrons. The van der Waals surface area contributed by atoms with Crippen molar-refractivity contribution in [2.24, 2.45) is 0 Å². The molecule has 2 aromatic rings. The zero-order valence-corrected chi connectivity index (χ0v) is 15.9. The summed E-state index contributed by atoms with van der Waals surface area (Å²) in [5.74, 6) is -1.00. The summed E-state index contributed by atoms with van der Waals surface area (Å²) in [6.07, 6.45) is 4.62. The second-order valence-corrected chi connectivity index (χ2v) is 7.15. The summed E-state index contributed by atoms with van der Waals surface area (Å²) >= 11 is 5.94. The Morgan fingerprint density at radius 1 is 1.16 bits per heavy atom. The molecule has 0 aliphatic carbocycles. The van der Waals surface area contributed by atoms with E-state index in [1.54, 1.807) is 47.6 Å². The lowest BCUT2D eigenvalue weighted by Crippen LogP contribution is -2.66. The highest BCUT2D eigenvalue weighted by Crippen LogP contribution is 2.23. The topological polar surface area (TPSA) is 71.3 Å². The number of rotatable bonds is 9. The van der Waals surface area contributed by atoms with Gasteiger partial charge >= 0.3 is 0 Å². The van der Waals surface area contributed by atoms with Gasteiger partial charge in [0.2, 0.25) is 0 Å². The third-order valence-electron chi connectivity index (χ3n) is 3.53. The lowest BCUT2D eigenvalue weighted by atomic mass is 10.1. The minimum atomic E-state index is -1.54. The molecule has 1 aromatic carbocycles. The fraction of sp³-hybridized carbons (Fsp3) is 0.500. The van der Waals surface area contributed by atoms with Crippen LogP contribution in [0.15, 0.2) is 43.0 Å². The second kappa shape index (κ2) is 8.67. The molecule has 6 nitrogen and oxygen atoms in total. The average molecular weight is 367 g/mol. The van der Waals surface area contributed by atoms with Crippen molar-refractivity contribution in [3.05, 3.63) is 48.0 Å². The molecule has 1 heterocycles. The maximum absolute atomic E-state index is 11.4. The third-order valence-corrected chi connectivity index (χ3v) is 3.78. The Bertz CT molecular complexity index is 621. The fourth-order valence-electron chi connectivity index (χ4n) is 2.51. The first-order chi connectivity index (χ1) is 11.8. The number of imidazole rings is 1. The van der Waals surface area contributed by atoms with Gasteiger partial charge in [-0.3, -0.25) is 10.6 Å². The highest BCUT2D eigenvalue weighted by Gasteiger charge is 2.40. The summed E-state index contributed by atoms with van der Waals surface area (Å²) in [7, 11) is 0. The molecular weight excluding hydrogens is 340 g/mol. The van der Waals surface area contributed by atoms with Crippen molar-refractivity contribution in [3.8, 4) is 5.75 Å². The SMILES string of the molecule is CC(C)NC(NC(C)C)C(O)(Cn1ccnc1)Oc1ccc(Cl)cc1. The van der Waals surface area contributed by atoms with Gasteiger partial charge in [0.25, 0.3) is 5.79 Å². The number of aromatic nitrogens is 2. The number of ether oxygens (including phenoxy) is 1. The zero-order chi connectivity index (χ0) is 18.4. The van der Waals surface area contributed by atoms with Gasteiger partial charge in [-0.25, -0.2) is 4.98 Å². The summed E-state index contributed by atoms with van der Waals surface area (Å²) in [6.45, 7) is 8.30. The molecule has 0 bridgehead atoms. The molecule has 3 N–H and O–H groups in total. The molecule has 1 atom stereocenters. The Labute approximate surface area is 154 Å². The lowest BCUT2D eigenvalue weighted by molar-refractivity contribution is -0.181. The zero-order valence-electron chi connectivity index (χ0n) is 15.1. The largest absolute Gasteiger partial charge is 0.457 e. The smallest absolute Gasteiger partial charge is 0.254 e. The first-order valence-corrected chi connectivity index (χ1v) is 8.81. The van der Waals surface area contributed by atoms with Crippen LogP contribution < -0.4 is 15.4 Å². The molecule has 0 saturated heterocycles. The van der Waals surface area contributed by atoms with Gasteiger partial charge in [0.05, 0.1) is 12.9 Å². The highest BCUT2D eigenvalue weighted by atomic mass is 35.5. The van der Waals surface area contributed by atoms with E-state index in [1.807, 2.05) is 27.7 Å². The molecule has 0 aliphatic rings. The van der Waals surface area contributed by atoms with Gasteiger partial charge in [-0.1, -0.05) is 11.6 Å². The summed E-state index contributed by atoms with van der Waals surface area (Å²) in [4.78, 5) is 4.04. The minimum Gasteiger partial charge on any atom is -0.457 e. The van der Waals surface area contributed by atoms with Gasteiger partial charge < -0.3 is 14.4 Å². The van der Waals surface area contributed by atoms with E-state index in [2.05, 4.69) is 15.6 Å². The van der Waals surface area contributed by atoms with Crippen LogP contribution in [-0.2, 0) is 6.54 Å². The van der Waals surface area contributed by atoms with E-state index in [0.29, 0.717) is 10.8 Å². The van der Waals surface area contributed by atoms with Crippen molar-refractivity contribution in [2.45, 2.75) is 58.3 Å². The summed E-state index contributed by atoms with van der Waals surface area (Å²) in [6, 6.07) is 7.25. The maximum atomic E-state index is 11.4. The number of aliphatic hydroxyl groups is 1. The molecule has 0 amide bonds. The van der Waals surface area contributed by atoms with Crippen LogP contribution in [0.4, 0.5) is 0 Å². The predicted molar refractivity (Wildman–Crippen MR) is 99.6 cm³/mol. The van der Waals surface area contributed by atoms with Gasteiger partial charge in [0.1, 0.15) is 11.9 Å². The van der Waals surface area contributed by atoms with Crippen LogP contribution in [0, 0.1) is 0 Å². The molecule has 2 rings (SSSR count). The molecule has 0 fully saturated rings. The van der Waals surface area contributed by atoms with Gasteiger partial charge in [-0.15, -0.1) is 0 Å². The van der Waals surface area contributed by atoms with Gasteiger partial charge in [-0.2, -0.15) is 0 Å². The number of benzene rings is 1. The monoisotopic (exact) mass is 366 g/mol. The first-order valence-electron chi connectivity index (χ1n) is 8.43. The van der Waals surface area contributed by atoms with Gasteiger partial charge in [0, 0.05) is 29.5 Å². The van der Waals surface area contributed by atoms with Crippen molar-refractivity contribution in [1.82, 2.24) is 20.2 Å². The van der Waals surface area contributed by atoms with Crippen molar-refractivity contribution in [2.75, 3.05) is 0 Å². The Hall–Kier alpha value is -1.60. The number of hydrogen-bond acceptors (Lipinski definition) is 5. The van der Waals surface area contributed by atoms with E-state index in [1.165, 1.54) is 0 Å². The molecule has 0 spiro atoms. The van der Waals surface area contributed by atoms with E-state index in [0.717, 1.165) is 0 Å². The Morgan fingerprint density at radius 3 is 2.24 bits per heavy atom. The fourth-order valence-corrected chi connectivity index (χ4v) is 2.63. The molecule has 1 unspecified atom stereocenters. The number of nitrogens with one attached hydrogen (secondary N) is 2. The molecule has 25 heavy (non-hydrogen) atoms. The molecule has 1 aromatic heterocycles. The van der Waals surface area contributed by atoms with Crippen LogP contribution in [0.3, 0.4) is 0 Å².